The molecule has 0 aliphatic carbocycles. The van der Waals surface area contributed by atoms with Gasteiger partial charge in [0.15, 0.2) is 0 Å². The molecular weight excluding hydrogens is 443 g/mol. The van der Waals surface area contributed by atoms with Crippen LogP contribution in [0.2, 0.25) is 0 Å². The third kappa shape index (κ3) is 4.91. The number of anilines is 1. The summed E-state index contributed by atoms with van der Waals surface area (Å²) in [6.45, 7) is 0. The summed E-state index contributed by atoms with van der Waals surface area (Å²) >= 11 is 0. The first-order valence-electron chi connectivity index (χ1n) is 10.4. The number of nitrogens with one attached hydrogen (secondary N) is 1. The van der Waals surface area contributed by atoms with E-state index < -0.39 is 29.7 Å². The van der Waals surface area contributed by atoms with Crippen molar-refractivity contribution in [3.63, 3.8) is 0 Å². The zero-order valence-corrected chi connectivity index (χ0v) is 18.1. The fourth-order valence-electron chi connectivity index (χ4n) is 3.58. The highest BCUT2D eigenvalue weighted by molar-refractivity contribution is 6.20. The van der Waals surface area contributed by atoms with Crippen molar-refractivity contribution in [1.29, 1.82) is 0 Å². The van der Waals surface area contributed by atoms with Crippen LogP contribution >= 0.6 is 0 Å². The Bertz CT molecular complexity index is 1270. The van der Waals surface area contributed by atoms with E-state index in [1.165, 1.54) is 23.1 Å². The summed E-state index contributed by atoms with van der Waals surface area (Å²) in [5, 5.41) is 2.60. The van der Waals surface area contributed by atoms with Gasteiger partial charge in [-0.3, -0.25) is 9.59 Å². The Morgan fingerprint density at radius 3 is 2.29 bits per heavy atom. The molecule has 0 saturated heterocycles. The third-order valence-corrected chi connectivity index (χ3v) is 5.33. The van der Waals surface area contributed by atoms with Gasteiger partial charge < -0.3 is 10.2 Å². The first-order chi connectivity index (χ1) is 16.2. The number of nitrogens with zero attached hydrogens (tertiary/aromatic N) is 2. The average molecular weight is 463 g/mol. The van der Waals surface area contributed by atoms with Gasteiger partial charge in [-0.25, -0.2) is 4.99 Å². The van der Waals surface area contributed by atoms with Crippen molar-refractivity contribution in [3.05, 3.63) is 107 Å². The summed E-state index contributed by atoms with van der Waals surface area (Å²) in [5.74, 6) is -1.02. The molecule has 0 unspecified atom stereocenters. The van der Waals surface area contributed by atoms with E-state index in [2.05, 4.69) is 10.3 Å². The Morgan fingerprint density at radius 1 is 0.971 bits per heavy atom. The summed E-state index contributed by atoms with van der Waals surface area (Å²) < 4.78 is 38.2. The van der Waals surface area contributed by atoms with Crippen LogP contribution in [0.25, 0.3) is 6.08 Å². The second-order valence-corrected chi connectivity index (χ2v) is 7.62. The fraction of sp³-hybridized carbons (Fsp3) is 0.115. The second-order valence-electron chi connectivity index (χ2n) is 7.62. The number of amides is 2. The molecule has 0 fully saturated rings. The molecule has 0 saturated carbocycles. The number of alkyl halides is 3. The number of aliphatic imine (C=N–C) groups is 1. The van der Waals surface area contributed by atoms with Crippen LogP contribution in [0.4, 0.5) is 18.9 Å². The van der Waals surface area contributed by atoms with Crippen LogP contribution in [-0.2, 0) is 15.8 Å². The van der Waals surface area contributed by atoms with E-state index in [-0.39, 0.29) is 0 Å². The van der Waals surface area contributed by atoms with E-state index in [1.807, 2.05) is 48.5 Å². The molecule has 2 amide bonds. The van der Waals surface area contributed by atoms with Gasteiger partial charge in [0.1, 0.15) is 0 Å². The number of benzodiazepines with no additional fused rings is 1. The lowest BCUT2D eigenvalue weighted by atomic mass is 10.0. The molecule has 1 aliphatic heterocycles. The van der Waals surface area contributed by atoms with Gasteiger partial charge in [-0.15, -0.1) is 0 Å². The van der Waals surface area contributed by atoms with E-state index in [1.54, 1.807) is 13.1 Å². The molecule has 0 radical (unpaired) electrons. The number of hydrogen-bond acceptors (Lipinski definition) is 3. The van der Waals surface area contributed by atoms with E-state index in [4.69, 9.17) is 0 Å². The summed E-state index contributed by atoms with van der Waals surface area (Å²) in [7, 11) is 1.61. The van der Waals surface area contributed by atoms with Crippen molar-refractivity contribution in [3.8, 4) is 0 Å². The van der Waals surface area contributed by atoms with Crippen LogP contribution in [0.1, 0.15) is 22.3 Å². The lowest BCUT2D eigenvalue weighted by Crippen LogP contribution is -2.45. The second kappa shape index (κ2) is 9.35. The van der Waals surface area contributed by atoms with Crippen LogP contribution in [0.5, 0.6) is 0 Å². The quantitative estimate of drug-likeness (QED) is 0.572. The van der Waals surface area contributed by atoms with Gasteiger partial charge in [0.05, 0.1) is 17.0 Å². The lowest BCUT2D eigenvalue weighted by Gasteiger charge is -2.20. The van der Waals surface area contributed by atoms with Crippen LogP contribution in [0.3, 0.4) is 0 Å². The molecular formula is C26H20F3N3O2. The highest BCUT2D eigenvalue weighted by Gasteiger charge is 2.31. The molecule has 1 atom stereocenters. The van der Waals surface area contributed by atoms with Gasteiger partial charge in [0.25, 0.3) is 5.91 Å². The molecule has 172 valence electrons. The Kier molecular flexibility index (Phi) is 6.32. The number of carbonyl (C=O) groups is 2. The van der Waals surface area contributed by atoms with Crippen LogP contribution < -0.4 is 10.2 Å². The maximum absolute atomic E-state index is 13.1. The third-order valence-electron chi connectivity index (χ3n) is 5.33. The number of hydrogen-bond donors (Lipinski definition) is 1. The molecule has 1 heterocycles. The molecule has 0 aromatic heterocycles. The molecule has 8 heteroatoms. The minimum atomic E-state index is -4.43. The van der Waals surface area contributed by atoms with Crippen LogP contribution in [0.15, 0.2) is 89.9 Å². The number of benzene rings is 3. The molecule has 1 aliphatic rings. The molecule has 3 aromatic rings. The fourth-order valence-corrected chi connectivity index (χ4v) is 3.58. The topological polar surface area (TPSA) is 61.8 Å². The van der Waals surface area contributed by atoms with E-state index in [0.717, 1.165) is 29.3 Å². The number of halogens is 3. The van der Waals surface area contributed by atoms with Crippen LogP contribution in [-0.4, -0.2) is 30.7 Å². The molecule has 34 heavy (non-hydrogen) atoms. The zero-order chi connectivity index (χ0) is 24.3. The monoisotopic (exact) mass is 463 g/mol. The number of rotatable bonds is 4. The van der Waals surface area contributed by atoms with Crippen molar-refractivity contribution in [2.24, 2.45) is 4.99 Å². The Balaban J connectivity index is 1.60. The maximum atomic E-state index is 13.1. The molecule has 4 rings (SSSR count). The molecule has 0 spiro atoms. The van der Waals surface area contributed by atoms with Gasteiger partial charge in [-0.2, -0.15) is 13.2 Å². The first-order valence-corrected chi connectivity index (χ1v) is 10.4. The van der Waals surface area contributed by atoms with E-state index in [0.29, 0.717) is 17.0 Å². The highest BCUT2D eigenvalue weighted by atomic mass is 19.4. The van der Waals surface area contributed by atoms with E-state index >= 15 is 0 Å². The van der Waals surface area contributed by atoms with E-state index in [9.17, 15) is 22.8 Å². The van der Waals surface area contributed by atoms with Crippen molar-refractivity contribution < 1.29 is 22.8 Å². The molecule has 5 nitrogen and oxygen atoms in total. The van der Waals surface area contributed by atoms with Gasteiger partial charge >= 0.3 is 6.18 Å². The lowest BCUT2D eigenvalue weighted by molar-refractivity contribution is -0.137. The number of fused-ring (bicyclic) bond motifs is 1. The Hall–Kier alpha value is -4.20. The highest BCUT2D eigenvalue weighted by Crippen LogP contribution is 2.29. The number of likely N-dealkylation sites (N-methyl/N-ethyl adjacent to an activating group) is 1. The standard InChI is InChI=1S/C26H20F3N3O2/c1-32-21-10-6-5-9-20(21)23(18-7-3-2-4-8-18)31-24(25(32)34)30-22(33)16-13-17-11-14-19(15-12-17)26(27,28)29/h2-16,24H,1H3,(H,30,33)/t24-/m1/s1. The minimum absolute atomic E-state index is 0.411. The van der Waals surface area contributed by atoms with Crippen molar-refractivity contribution in [1.82, 2.24) is 5.32 Å². The summed E-state index contributed by atoms with van der Waals surface area (Å²) in [6.07, 6.45) is -3.09. The minimum Gasteiger partial charge on any atom is -0.323 e. The van der Waals surface area contributed by atoms with Crippen molar-refractivity contribution >= 4 is 29.3 Å². The predicted octanol–water partition coefficient (Wildman–Crippen LogP) is 4.67. The zero-order valence-electron chi connectivity index (χ0n) is 18.1. The normalized spacial score (nSPS) is 16.1. The molecule has 1 N–H and O–H groups in total. The van der Waals surface area contributed by atoms with Gasteiger partial charge in [-0.05, 0) is 29.8 Å². The molecule has 3 aromatic carbocycles. The predicted molar refractivity (Wildman–Crippen MR) is 124 cm³/mol. The van der Waals surface area contributed by atoms with Gasteiger partial charge in [0.2, 0.25) is 12.1 Å². The van der Waals surface area contributed by atoms with Gasteiger partial charge in [-0.1, -0.05) is 60.7 Å². The Labute approximate surface area is 194 Å². The average Bonchev–Trinajstić information content (AvgIpc) is 2.94. The SMILES string of the molecule is CN1C(=O)[C@H](NC(=O)C=Cc2ccc(C(F)(F)F)cc2)N=C(c2ccccc2)c2ccccc21. The Morgan fingerprint density at radius 2 is 1.62 bits per heavy atom. The largest absolute Gasteiger partial charge is 0.416 e. The number of carbonyl (C=O) groups excluding carboxylic acids is 2. The smallest absolute Gasteiger partial charge is 0.323 e. The summed E-state index contributed by atoms with van der Waals surface area (Å²) in [5.41, 5.74) is 2.40. The first kappa shape index (κ1) is 23.0. The summed E-state index contributed by atoms with van der Waals surface area (Å²) in [4.78, 5) is 31.7. The van der Waals surface area contributed by atoms with Crippen molar-refractivity contribution in [2.45, 2.75) is 12.3 Å². The molecule has 0 bridgehead atoms. The maximum Gasteiger partial charge on any atom is 0.416 e. The van der Waals surface area contributed by atoms with Gasteiger partial charge in [0, 0.05) is 24.3 Å². The summed E-state index contributed by atoms with van der Waals surface area (Å²) in [6, 6.07) is 21.1. The number of para-hydroxylation sites is 1. The van der Waals surface area contributed by atoms with Crippen LogP contribution in [0, 0.1) is 0 Å². The van der Waals surface area contributed by atoms with Crippen molar-refractivity contribution in [2.75, 3.05) is 11.9 Å².